The minimum absolute atomic E-state index is 0.0569. The first-order chi connectivity index (χ1) is 7.15. The first kappa shape index (κ1) is 10.8. The van der Waals surface area contributed by atoms with Crippen molar-refractivity contribution in [2.45, 2.75) is 18.6 Å². The Morgan fingerprint density at radius 3 is 2.67 bits per heavy atom. The topological polar surface area (TPSA) is 25.8 Å². The second-order valence-corrected chi connectivity index (χ2v) is 5.58. The lowest BCUT2D eigenvalue weighted by molar-refractivity contribution is 0.795. The molecule has 0 bridgehead atoms. The summed E-state index contributed by atoms with van der Waals surface area (Å²) in [7, 11) is 1.52. The standard InChI is InChI=1S/C11H12N2S2/c1-11(2,15-14)8-4-3-5-9-10(8)13-7-6-12-9/h3-7,14H,1-2H3. The highest BCUT2D eigenvalue weighted by Gasteiger charge is 2.22. The molecule has 15 heavy (non-hydrogen) atoms. The molecule has 0 atom stereocenters. The SMILES string of the molecule is CC(C)(SS)c1cccc2nccnc12. The largest absolute Gasteiger partial charge is 0.253 e. The van der Waals surface area contributed by atoms with E-state index in [0.29, 0.717) is 0 Å². The zero-order chi connectivity index (χ0) is 10.9. The summed E-state index contributed by atoms with van der Waals surface area (Å²) in [6, 6.07) is 6.07. The van der Waals surface area contributed by atoms with Crippen molar-refractivity contribution in [1.82, 2.24) is 9.97 Å². The number of para-hydroxylation sites is 1. The van der Waals surface area contributed by atoms with Crippen LogP contribution in [0.25, 0.3) is 11.0 Å². The van der Waals surface area contributed by atoms with Crippen molar-refractivity contribution in [3.05, 3.63) is 36.2 Å². The van der Waals surface area contributed by atoms with Gasteiger partial charge in [0.15, 0.2) is 0 Å². The van der Waals surface area contributed by atoms with E-state index in [9.17, 15) is 0 Å². The highest BCUT2D eigenvalue weighted by Crippen LogP contribution is 2.40. The zero-order valence-electron chi connectivity index (χ0n) is 8.64. The first-order valence-corrected chi connectivity index (χ1v) is 6.55. The molecule has 1 heterocycles. The van der Waals surface area contributed by atoms with E-state index in [-0.39, 0.29) is 4.75 Å². The van der Waals surface area contributed by atoms with Crippen LogP contribution in [-0.4, -0.2) is 9.97 Å². The van der Waals surface area contributed by atoms with Crippen molar-refractivity contribution >= 4 is 33.5 Å². The van der Waals surface area contributed by atoms with Gasteiger partial charge in [-0.15, -0.1) is 11.7 Å². The number of rotatable bonds is 2. The molecule has 1 aromatic carbocycles. The maximum absolute atomic E-state index is 4.39. The van der Waals surface area contributed by atoms with Crippen LogP contribution >= 0.6 is 22.5 Å². The average Bonchev–Trinajstić information content (AvgIpc) is 2.28. The lowest BCUT2D eigenvalue weighted by Gasteiger charge is -2.22. The predicted octanol–water partition coefficient (Wildman–Crippen LogP) is 3.44. The number of benzene rings is 1. The van der Waals surface area contributed by atoms with Gasteiger partial charge in [0.2, 0.25) is 0 Å². The van der Waals surface area contributed by atoms with E-state index in [1.54, 1.807) is 12.4 Å². The normalized spacial score (nSPS) is 11.9. The molecule has 0 radical (unpaired) electrons. The van der Waals surface area contributed by atoms with E-state index in [1.165, 1.54) is 16.4 Å². The molecule has 0 aliphatic carbocycles. The second-order valence-electron chi connectivity index (χ2n) is 3.83. The molecule has 2 aromatic rings. The molecule has 2 rings (SSSR count). The van der Waals surface area contributed by atoms with Gasteiger partial charge in [0.1, 0.15) is 0 Å². The van der Waals surface area contributed by atoms with Gasteiger partial charge in [-0.25, -0.2) is 0 Å². The number of fused-ring (bicyclic) bond motifs is 1. The molecule has 2 nitrogen and oxygen atoms in total. The third-order valence-corrected chi connectivity index (χ3v) is 4.42. The number of hydrogen-bond donors (Lipinski definition) is 1. The van der Waals surface area contributed by atoms with Crippen LogP contribution in [-0.2, 0) is 4.75 Å². The van der Waals surface area contributed by atoms with E-state index in [4.69, 9.17) is 0 Å². The fraction of sp³-hybridized carbons (Fsp3) is 0.273. The van der Waals surface area contributed by atoms with Crippen molar-refractivity contribution in [3.63, 3.8) is 0 Å². The molecule has 0 aliphatic heterocycles. The van der Waals surface area contributed by atoms with E-state index < -0.39 is 0 Å². The number of nitrogens with zero attached hydrogens (tertiary/aromatic N) is 2. The summed E-state index contributed by atoms with van der Waals surface area (Å²) in [6.07, 6.45) is 3.44. The molecular formula is C11H12N2S2. The summed E-state index contributed by atoms with van der Waals surface area (Å²) in [5.41, 5.74) is 3.07. The molecule has 0 unspecified atom stereocenters. The summed E-state index contributed by atoms with van der Waals surface area (Å²) >= 11 is 4.31. The molecular weight excluding hydrogens is 224 g/mol. The fourth-order valence-electron chi connectivity index (χ4n) is 1.53. The smallest absolute Gasteiger partial charge is 0.0932 e. The maximum Gasteiger partial charge on any atom is 0.0932 e. The van der Waals surface area contributed by atoms with Gasteiger partial charge < -0.3 is 0 Å². The van der Waals surface area contributed by atoms with Crippen LogP contribution in [0.2, 0.25) is 0 Å². The number of thiol groups is 1. The highest BCUT2D eigenvalue weighted by atomic mass is 33.1. The van der Waals surface area contributed by atoms with Crippen LogP contribution in [0.15, 0.2) is 30.6 Å². The van der Waals surface area contributed by atoms with Gasteiger partial charge in [-0.3, -0.25) is 9.97 Å². The molecule has 0 N–H and O–H groups in total. The zero-order valence-corrected chi connectivity index (χ0v) is 10.3. The van der Waals surface area contributed by atoms with Crippen LogP contribution < -0.4 is 0 Å². The molecule has 0 saturated carbocycles. The number of aromatic nitrogens is 2. The van der Waals surface area contributed by atoms with Crippen LogP contribution in [0.3, 0.4) is 0 Å². The Morgan fingerprint density at radius 2 is 1.93 bits per heavy atom. The maximum atomic E-state index is 4.39. The van der Waals surface area contributed by atoms with Crippen molar-refractivity contribution in [2.24, 2.45) is 0 Å². The average molecular weight is 236 g/mol. The molecule has 0 amide bonds. The highest BCUT2D eigenvalue weighted by molar-refractivity contribution is 8.69. The monoisotopic (exact) mass is 236 g/mol. The quantitative estimate of drug-likeness (QED) is 0.639. The molecule has 0 aliphatic rings. The van der Waals surface area contributed by atoms with Gasteiger partial charge >= 0.3 is 0 Å². The minimum atomic E-state index is -0.0569. The summed E-state index contributed by atoms with van der Waals surface area (Å²) < 4.78 is -0.0569. The molecule has 0 spiro atoms. The van der Waals surface area contributed by atoms with Gasteiger partial charge in [-0.05, 0) is 25.5 Å². The van der Waals surface area contributed by atoms with E-state index >= 15 is 0 Å². The van der Waals surface area contributed by atoms with Crippen LogP contribution in [0, 0.1) is 0 Å². The summed E-state index contributed by atoms with van der Waals surface area (Å²) in [6.45, 7) is 4.27. The van der Waals surface area contributed by atoms with Crippen molar-refractivity contribution in [3.8, 4) is 0 Å². The van der Waals surface area contributed by atoms with Crippen LogP contribution in [0.5, 0.6) is 0 Å². The van der Waals surface area contributed by atoms with E-state index in [0.717, 1.165) is 11.0 Å². The van der Waals surface area contributed by atoms with Crippen LogP contribution in [0.1, 0.15) is 19.4 Å². The summed E-state index contributed by atoms with van der Waals surface area (Å²) in [5.74, 6) is 0. The minimum Gasteiger partial charge on any atom is -0.253 e. The lowest BCUT2D eigenvalue weighted by atomic mass is 10.0. The van der Waals surface area contributed by atoms with Crippen molar-refractivity contribution in [1.29, 1.82) is 0 Å². The Kier molecular flexibility index (Phi) is 2.89. The van der Waals surface area contributed by atoms with Gasteiger partial charge in [-0.2, -0.15) is 0 Å². The molecule has 0 saturated heterocycles. The summed E-state index contributed by atoms with van der Waals surface area (Å²) in [4.78, 5) is 8.68. The van der Waals surface area contributed by atoms with Gasteiger partial charge in [0, 0.05) is 17.1 Å². The Labute approximate surface area is 98.3 Å². The molecule has 78 valence electrons. The van der Waals surface area contributed by atoms with Crippen molar-refractivity contribution < 1.29 is 0 Å². The van der Waals surface area contributed by atoms with Crippen LogP contribution in [0.4, 0.5) is 0 Å². The van der Waals surface area contributed by atoms with Crippen molar-refractivity contribution in [2.75, 3.05) is 0 Å². The van der Waals surface area contributed by atoms with Gasteiger partial charge in [0.05, 0.1) is 11.0 Å². The molecule has 4 heteroatoms. The van der Waals surface area contributed by atoms with Gasteiger partial charge in [-0.1, -0.05) is 22.9 Å². The lowest BCUT2D eigenvalue weighted by Crippen LogP contribution is -2.11. The predicted molar refractivity (Wildman–Crippen MR) is 69.1 cm³/mol. The Hall–Kier alpha value is -0.740. The van der Waals surface area contributed by atoms with E-state index in [2.05, 4.69) is 41.5 Å². The Balaban J connectivity index is 2.71. The third-order valence-electron chi connectivity index (χ3n) is 2.38. The van der Waals surface area contributed by atoms with Gasteiger partial charge in [0.25, 0.3) is 0 Å². The Morgan fingerprint density at radius 1 is 1.20 bits per heavy atom. The fourth-order valence-corrected chi connectivity index (χ4v) is 2.09. The van der Waals surface area contributed by atoms with E-state index in [1.807, 2.05) is 12.1 Å². The molecule has 0 fully saturated rings. The third kappa shape index (κ3) is 1.96. The number of hydrogen-bond acceptors (Lipinski definition) is 4. The first-order valence-electron chi connectivity index (χ1n) is 4.68. The Bertz CT molecular complexity index is 477. The molecule has 1 aromatic heterocycles. The summed E-state index contributed by atoms with van der Waals surface area (Å²) in [5, 5.41) is 0. The second kappa shape index (κ2) is 4.02.